The van der Waals surface area contributed by atoms with Crippen LogP contribution in [0, 0.1) is 6.92 Å². The smallest absolute Gasteiger partial charge is 0.223 e. The lowest BCUT2D eigenvalue weighted by atomic mass is 10.2. The van der Waals surface area contributed by atoms with Gasteiger partial charge in [-0.3, -0.25) is 4.98 Å². The molecule has 0 saturated heterocycles. The maximum absolute atomic E-state index is 5.89. The predicted octanol–water partition coefficient (Wildman–Crippen LogP) is 3.84. The summed E-state index contributed by atoms with van der Waals surface area (Å²) in [6.07, 6.45) is 4.59. The highest BCUT2D eigenvalue weighted by Gasteiger charge is 2.09. The van der Waals surface area contributed by atoms with E-state index in [2.05, 4.69) is 38.1 Å². The topological polar surface area (TPSA) is 47.0 Å². The summed E-state index contributed by atoms with van der Waals surface area (Å²) in [4.78, 5) is 8.58. The van der Waals surface area contributed by atoms with Crippen LogP contribution >= 0.6 is 15.9 Å². The minimum atomic E-state index is 0.618. The van der Waals surface area contributed by atoms with Gasteiger partial charge >= 0.3 is 0 Å². The molecule has 0 bridgehead atoms. The van der Waals surface area contributed by atoms with Crippen molar-refractivity contribution in [1.82, 2.24) is 15.3 Å². The molecule has 0 amide bonds. The van der Waals surface area contributed by atoms with E-state index in [4.69, 9.17) is 4.74 Å². The number of halogens is 1. The molecule has 106 valence electrons. The second-order valence-electron chi connectivity index (χ2n) is 4.48. The lowest BCUT2D eigenvalue weighted by Crippen LogP contribution is -2.14. The fourth-order valence-corrected chi connectivity index (χ4v) is 2.15. The van der Waals surface area contributed by atoms with E-state index in [1.165, 1.54) is 0 Å². The van der Waals surface area contributed by atoms with E-state index in [0.717, 1.165) is 41.0 Å². The third kappa shape index (κ3) is 4.02. The highest BCUT2D eigenvalue weighted by molar-refractivity contribution is 9.10. The summed E-state index contributed by atoms with van der Waals surface area (Å²) in [5.74, 6) is 1.35. The van der Waals surface area contributed by atoms with Gasteiger partial charge in [-0.15, -0.1) is 0 Å². The molecule has 0 atom stereocenters. The molecule has 0 aliphatic carbocycles. The highest BCUT2D eigenvalue weighted by Crippen LogP contribution is 2.26. The molecule has 20 heavy (non-hydrogen) atoms. The molecule has 5 heteroatoms. The molecule has 0 saturated carbocycles. The second kappa shape index (κ2) is 7.36. The van der Waals surface area contributed by atoms with Gasteiger partial charge in [-0.1, -0.05) is 6.92 Å². The molecule has 2 rings (SSSR count). The molecular formula is C15H18BrN3O. The zero-order chi connectivity index (χ0) is 14.4. The summed E-state index contributed by atoms with van der Waals surface area (Å²) < 4.78 is 6.84. The fraction of sp³-hybridized carbons (Fsp3) is 0.333. The summed E-state index contributed by atoms with van der Waals surface area (Å²) in [7, 11) is 0. The van der Waals surface area contributed by atoms with Gasteiger partial charge in [-0.25, -0.2) is 4.98 Å². The van der Waals surface area contributed by atoms with Crippen LogP contribution in [0.1, 0.15) is 24.6 Å². The minimum absolute atomic E-state index is 0.618. The van der Waals surface area contributed by atoms with E-state index >= 15 is 0 Å². The number of nitrogens with zero attached hydrogens (tertiary/aromatic N) is 2. The molecule has 1 N–H and O–H groups in total. The highest BCUT2D eigenvalue weighted by atomic mass is 79.9. The van der Waals surface area contributed by atoms with E-state index in [0.29, 0.717) is 5.88 Å². The maximum Gasteiger partial charge on any atom is 0.223 e. The largest absolute Gasteiger partial charge is 0.437 e. The summed E-state index contributed by atoms with van der Waals surface area (Å²) in [5, 5.41) is 3.36. The maximum atomic E-state index is 5.89. The number of ether oxygens (including phenoxy) is 1. The van der Waals surface area contributed by atoms with Crippen LogP contribution in [0.5, 0.6) is 11.6 Å². The first kappa shape index (κ1) is 14.9. The number of pyridine rings is 2. The molecule has 0 aromatic carbocycles. The van der Waals surface area contributed by atoms with Crippen LogP contribution in [-0.2, 0) is 6.54 Å². The number of aryl methyl sites for hydroxylation is 1. The van der Waals surface area contributed by atoms with Crippen molar-refractivity contribution in [2.75, 3.05) is 6.54 Å². The van der Waals surface area contributed by atoms with Crippen molar-refractivity contribution in [3.05, 3.63) is 46.3 Å². The Bertz CT molecular complexity index is 575. The first-order valence-electron chi connectivity index (χ1n) is 6.65. The number of nitrogens with one attached hydrogen (secondary N) is 1. The average molecular weight is 336 g/mol. The Morgan fingerprint density at radius 2 is 2.20 bits per heavy atom. The number of hydrogen-bond donors (Lipinski definition) is 1. The first-order valence-corrected chi connectivity index (χ1v) is 7.44. The quantitative estimate of drug-likeness (QED) is 0.814. The van der Waals surface area contributed by atoms with Crippen LogP contribution in [0.3, 0.4) is 0 Å². The first-order chi connectivity index (χ1) is 9.70. The van der Waals surface area contributed by atoms with Gasteiger partial charge in [0.15, 0.2) is 5.75 Å². The second-order valence-corrected chi connectivity index (χ2v) is 5.40. The molecule has 2 aromatic heterocycles. The molecule has 0 aliphatic heterocycles. The Morgan fingerprint density at radius 1 is 1.35 bits per heavy atom. The van der Waals surface area contributed by atoms with E-state index in [1.54, 1.807) is 12.4 Å². The fourth-order valence-electron chi connectivity index (χ4n) is 1.77. The molecule has 0 aliphatic rings. The van der Waals surface area contributed by atoms with Gasteiger partial charge in [-0.05, 0) is 54.0 Å². The normalized spacial score (nSPS) is 10.6. The molecule has 0 radical (unpaired) electrons. The van der Waals surface area contributed by atoms with Gasteiger partial charge in [0, 0.05) is 29.0 Å². The molecule has 0 spiro atoms. The van der Waals surface area contributed by atoms with Gasteiger partial charge in [-0.2, -0.15) is 0 Å². The Balaban J connectivity index is 2.20. The van der Waals surface area contributed by atoms with Crippen LogP contribution in [0.15, 0.2) is 35.1 Å². The van der Waals surface area contributed by atoms with Crippen LogP contribution in [0.4, 0.5) is 0 Å². The molecule has 4 nitrogen and oxygen atoms in total. The lowest BCUT2D eigenvalue weighted by molar-refractivity contribution is 0.446. The van der Waals surface area contributed by atoms with Crippen molar-refractivity contribution in [3.63, 3.8) is 0 Å². The Hall–Kier alpha value is -1.46. The standard InChI is InChI=1S/C15H18BrN3O/c1-3-6-17-9-12-8-13(16)10-19-15(12)20-14-5-4-7-18-11(14)2/h4-5,7-8,10,17H,3,6,9H2,1-2H3. The molecule has 2 heterocycles. The lowest BCUT2D eigenvalue weighted by Gasteiger charge is -2.12. The van der Waals surface area contributed by atoms with Crippen molar-refractivity contribution >= 4 is 15.9 Å². The van der Waals surface area contributed by atoms with Crippen LogP contribution in [0.2, 0.25) is 0 Å². The van der Waals surface area contributed by atoms with Crippen LogP contribution in [-0.4, -0.2) is 16.5 Å². The SMILES string of the molecule is CCCNCc1cc(Br)cnc1Oc1cccnc1C. The van der Waals surface area contributed by atoms with Crippen LogP contribution < -0.4 is 10.1 Å². The van der Waals surface area contributed by atoms with Crippen molar-refractivity contribution in [2.45, 2.75) is 26.8 Å². The van der Waals surface area contributed by atoms with Crippen molar-refractivity contribution in [3.8, 4) is 11.6 Å². The van der Waals surface area contributed by atoms with Gasteiger partial charge in [0.1, 0.15) is 0 Å². The summed E-state index contributed by atoms with van der Waals surface area (Å²) >= 11 is 3.45. The van der Waals surface area contributed by atoms with E-state index < -0.39 is 0 Å². The average Bonchev–Trinajstić information content (AvgIpc) is 2.44. The van der Waals surface area contributed by atoms with Crippen molar-refractivity contribution < 1.29 is 4.74 Å². The Labute approximate surface area is 127 Å². The monoisotopic (exact) mass is 335 g/mol. The Morgan fingerprint density at radius 3 is 2.95 bits per heavy atom. The molecular weight excluding hydrogens is 318 g/mol. The Kier molecular flexibility index (Phi) is 5.49. The summed E-state index contributed by atoms with van der Waals surface area (Å²) in [6, 6.07) is 5.78. The number of hydrogen-bond acceptors (Lipinski definition) is 4. The van der Waals surface area contributed by atoms with Crippen LogP contribution in [0.25, 0.3) is 0 Å². The van der Waals surface area contributed by atoms with Gasteiger partial charge in [0.05, 0.1) is 5.69 Å². The van der Waals surface area contributed by atoms with Gasteiger partial charge < -0.3 is 10.1 Å². The van der Waals surface area contributed by atoms with Gasteiger partial charge in [0.25, 0.3) is 0 Å². The van der Waals surface area contributed by atoms with E-state index in [1.807, 2.05) is 25.1 Å². The van der Waals surface area contributed by atoms with Crippen molar-refractivity contribution in [1.29, 1.82) is 0 Å². The zero-order valence-corrected chi connectivity index (χ0v) is 13.3. The number of aromatic nitrogens is 2. The molecule has 0 fully saturated rings. The van der Waals surface area contributed by atoms with E-state index in [-0.39, 0.29) is 0 Å². The molecule has 2 aromatic rings. The van der Waals surface area contributed by atoms with Crippen molar-refractivity contribution in [2.24, 2.45) is 0 Å². The summed E-state index contributed by atoms with van der Waals surface area (Å²) in [6.45, 7) is 5.76. The van der Waals surface area contributed by atoms with Gasteiger partial charge in [0.2, 0.25) is 5.88 Å². The minimum Gasteiger partial charge on any atom is -0.437 e. The third-order valence-electron chi connectivity index (χ3n) is 2.80. The zero-order valence-electron chi connectivity index (χ0n) is 11.7. The molecule has 0 unspecified atom stereocenters. The number of rotatable bonds is 6. The third-order valence-corrected chi connectivity index (χ3v) is 3.23. The predicted molar refractivity (Wildman–Crippen MR) is 83.0 cm³/mol. The summed E-state index contributed by atoms with van der Waals surface area (Å²) in [5.41, 5.74) is 1.88. The van der Waals surface area contributed by atoms with E-state index in [9.17, 15) is 0 Å².